The summed E-state index contributed by atoms with van der Waals surface area (Å²) in [6.07, 6.45) is 4.54. The van der Waals surface area contributed by atoms with Crippen molar-refractivity contribution < 1.29 is 0 Å². The first kappa shape index (κ1) is 14.8. The van der Waals surface area contributed by atoms with Gasteiger partial charge in [-0.25, -0.2) is 9.98 Å². The highest BCUT2D eigenvalue weighted by molar-refractivity contribution is 6.13. The Labute approximate surface area is 142 Å². The monoisotopic (exact) mass is 312 g/mol. The predicted molar refractivity (Wildman–Crippen MR) is 99.1 cm³/mol. The zero-order valence-electron chi connectivity index (χ0n) is 13.8. The SMILES string of the molecule is Cc1cnc(N=C(c2ccccc2)c2ccccc2)cc1C1CC1. The number of aliphatic imine (C=N–C) groups is 1. The number of aromatic nitrogens is 1. The minimum atomic E-state index is 0.707. The molecule has 2 nitrogen and oxygen atoms in total. The third kappa shape index (κ3) is 3.13. The van der Waals surface area contributed by atoms with E-state index >= 15 is 0 Å². The minimum Gasteiger partial charge on any atom is -0.237 e. The molecule has 1 aromatic heterocycles. The summed E-state index contributed by atoms with van der Waals surface area (Å²) in [4.78, 5) is 9.47. The Morgan fingerprint density at radius 3 is 2.04 bits per heavy atom. The Morgan fingerprint density at radius 2 is 1.50 bits per heavy atom. The lowest BCUT2D eigenvalue weighted by atomic mass is 10.0. The summed E-state index contributed by atoms with van der Waals surface area (Å²) < 4.78 is 0. The largest absolute Gasteiger partial charge is 0.237 e. The number of benzene rings is 2. The van der Waals surface area contributed by atoms with Gasteiger partial charge in [0, 0.05) is 17.3 Å². The molecule has 0 saturated heterocycles. The lowest BCUT2D eigenvalue weighted by Crippen LogP contribution is -2.03. The van der Waals surface area contributed by atoms with Crippen molar-refractivity contribution in [2.75, 3.05) is 0 Å². The highest BCUT2D eigenvalue weighted by Gasteiger charge is 2.25. The molecule has 3 aromatic rings. The molecule has 24 heavy (non-hydrogen) atoms. The summed E-state index contributed by atoms with van der Waals surface area (Å²) in [6, 6.07) is 22.8. The molecular formula is C22H20N2. The minimum absolute atomic E-state index is 0.707. The second-order valence-electron chi connectivity index (χ2n) is 6.37. The van der Waals surface area contributed by atoms with E-state index in [4.69, 9.17) is 4.99 Å². The lowest BCUT2D eigenvalue weighted by Gasteiger charge is -2.09. The summed E-state index contributed by atoms with van der Waals surface area (Å²) >= 11 is 0. The van der Waals surface area contributed by atoms with Gasteiger partial charge in [-0.15, -0.1) is 0 Å². The number of nitrogens with zero attached hydrogens (tertiary/aromatic N) is 2. The van der Waals surface area contributed by atoms with Gasteiger partial charge in [0.25, 0.3) is 0 Å². The molecule has 0 N–H and O–H groups in total. The molecule has 0 unspecified atom stereocenters. The van der Waals surface area contributed by atoms with Gasteiger partial charge in [-0.2, -0.15) is 0 Å². The van der Waals surface area contributed by atoms with Crippen molar-refractivity contribution in [2.24, 2.45) is 4.99 Å². The van der Waals surface area contributed by atoms with Crippen LogP contribution in [0.4, 0.5) is 5.82 Å². The predicted octanol–water partition coefficient (Wildman–Crippen LogP) is 5.44. The Morgan fingerprint density at radius 1 is 0.917 bits per heavy atom. The van der Waals surface area contributed by atoms with Crippen LogP contribution in [-0.4, -0.2) is 10.7 Å². The van der Waals surface area contributed by atoms with Gasteiger partial charge in [0.15, 0.2) is 5.82 Å². The fourth-order valence-corrected chi connectivity index (χ4v) is 3.03. The quantitative estimate of drug-likeness (QED) is 0.589. The lowest BCUT2D eigenvalue weighted by molar-refractivity contribution is 1.07. The van der Waals surface area contributed by atoms with Gasteiger partial charge >= 0.3 is 0 Å². The first-order chi connectivity index (χ1) is 11.8. The molecule has 1 aliphatic rings. The molecule has 2 aromatic carbocycles. The average molecular weight is 312 g/mol. The maximum absolute atomic E-state index is 4.92. The molecule has 2 heteroatoms. The van der Waals surface area contributed by atoms with Crippen LogP contribution in [-0.2, 0) is 0 Å². The number of hydrogen-bond acceptors (Lipinski definition) is 2. The summed E-state index contributed by atoms with van der Waals surface area (Å²) in [6.45, 7) is 2.14. The van der Waals surface area contributed by atoms with Crippen molar-refractivity contribution in [3.8, 4) is 0 Å². The number of hydrogen-bond donors (Lipinski definition) is 0. The fourth-order valence-electron chi connectivity index (χ4n) is 3.03. The van der Waals surface area contributed by atoms with Crippen LogP contribution in [0.15, 0.2) is 77.9 Å². The van der Waals surface area contributed by atoms with Crippen molar-refractivity contribution in [2.45, 2.75) is 25.7 Å². The van der Waals surface area contributed by atoms with Crippen LogP contribution in [0.5, 0.6) is 0 Å². The number of rotatable bonds is 4. The highest BCUT2D eigenvalue weighted by Crippen LogP contribution is 2.42. The molecule has 0 radical (unpaired) electrons. The molecule has 4 rings (SSSR count). The number of aryl methyl sites for hydroxylation is 1. The Kier molecular flexibility index (Phi) is 3.96. The van der Waals surface area contributed by atoms with Gasteiger partial charge in [0.2, 0.25) is 0 Å². The molecule has 0 spiro atoms. The molecular weight excluding hydrogens is 292 g/mol. The van der Waals surface area contributed by atoms with Crippen molar-refractivity contribution in [3.05, 3.63) is 95.2 Å². The van der Waals surface area contributed by atoms with Crippen molar-refractivity contribution in [3.63, 3.8) is 0 Å². The molecule has 1 heterocycles. The molecule has 0 bridgehead atoms. The van der Waals surface area contributed by atoms with Gasteiger partial charge < -0.3 is 0 Å². The van der Waals surface area contributed by atoms with Gasteiger partial charge in [0.1, 0.15) is 0 Å². The normalized spacial score (nSPS) is 13.5. The third-order valence-electron chi connectivity index (χ3n) is 4.47. The van der Waals surface area contributed by atoms with Crippen LogP contribution in [0.1, 0.15) is 41.0 Å². The second-order valence-corrected chi connectivity index (χ2v) is 6.37. The third-order valence-corrected chi connectivity index (χ3v) is 4.47. The standard InChI is InChI=1S/C22H20N2/c1-16-15-23-21(14-20(16)17-12-13-17)24-22(18-8-4-2-5-9-18)19-10-6-3-7-11-19/h2-11,14-15,17H,12-13H2,1H3. The Balaban J connectivity index is 1.81. The molecule has 118 valence electrons. The van der Waals surface area contributed by atoms with E-state index in [9.17, 15) is 0 Å². The van der Waals surface area contributed by atoms with Crippen molar-refractivity contribution in [1.29, 1.82) is 0 Å². The van der Waals surface area contributed by atoms with Crippen molar-refractivity contribution in [1.82, 2.24) is 4.98 Å². The first-order valence-corrected chi connectivity index (χ1v) is 8.47. The van der Waals surface area contributed by atoms with E-state index in [-0.39, 0.29) is 0 Å². The topological polar surface area (TPSA) is 25.2 Å². The van der Waals surface area contributed by atoms with Crippen LogP contribution in [0.2, 0.25) is 0 Å². The molecule has 0 atom stereocenters. The van der Waals surface area contributed by atoms with E-state index in [1.54, 1.807) is 0 Å². The van der Waals surface area contributed by atoms with E-state index in [1.165, 1.54) is 24.0 Å². The van der Waals surface area contributed by atoms with Crippen LogP contribution >= 0.6 is 0 Å². The van der Waals surface area contributed by atoms with E-state index in [0.717, 1.165) is 22.7 Å². The molecule has 1 saturated carbocycles. The average Bonchev–Trinajstić information content (AvgIpc) is 3.47. The summed E-state index contributed by atoms with van der Waals surface area (Å²) in [5.41, 5.74) is 5.87. The summed E-state index contributed by atoms with van der Waals surface area (Å²) in [5.74, 6) is 1.50. The molecule has 0 amide bonds. The maximum atomic E-state index is 4.92. The molecule has 1 aliphatic carbocycles. The maximum Gasteiger partial charge on any atom is 0.152 e. The molecule has 1 fully saturated rings. The van der Waals surface area contributed by atoms with Crippen LogP contribution in [0.3, 0.4) is 0 Å². The molecule has 0 aliphatic heterocycles. The Bertz CT molecular complexity index is 821. The first-order valence-electron chi connectivity index (χ1n) is 8.47. The van der Waals surface area contributed by atoms with Gasteiger partial charge in [0.05, 0.1) is 5.71 Å². The van der Waals surface area contributed by atoms with E-state index in [2.05, 4.69) is 42.2 Å². The van der Waals surface area contributed by atoms with E-state index in [0.29, 0.717) is 5.92 Å². The second kappa shape index (κ2) is 6.40. The summed E-state index contributed by atoms with van der Waals surface area (Å²) in [7, 11) is 0. The summed E-state index contributed by atoms with van der Waals surface area (Å²) in [5, 5.41) is 0. The van der Waals surface area contributed by atoms with E-state index < -0.39 is 0 Å². The van der Waals surface area contributed by atoms with Crippen LogP contribution < -0.4 is 0 Å². The van der Waals surface area contributed by atoms with Gasteiger partial charge in [-0.05, 0) is 42.9 Å². The van der Waals surface area contributed by atoms with Crippen molar-refractivity contribution >= 4 is 11.5 Å². The smallest absolute Gasteiger partial charge is 0.152 e. The van der Waals surface area contributed by atoms with E-state index in [1.807, 2.05) is 42.6 Å². The fraction of sp³-hybridized carbons (Fsp3) is 0.182. The zero-order chi connectivity index (χ0) is 16.4. The number of pyridine rings is 1. The Hall–Kier alpha value is -2.74. The van der Waals surface area contributed by atoms with Crippen LogP contribution in [0.25, 0.3) is 0 Å². The highest BCUT2D eigenvalue weighted by atomic mass is 14.9. The zero-order valence-corrected chi connectivity index (χ0v) is 13.8. The van der Waals surface area contributed by atoms with Gasteiger partial charge in [-0.1, -0.05) is 60.7 Å². The van der Waals surface area contributed by atoms with Gasteiger partial charge in [-0.3, -0.25) is 0 Å². The van der Waals surface area contributed by atoms with Crippen LogP contribution in [0, 0.1) is 6.92 Å².